The average molecular weight is 430 g/mol. The predicted octanol–water partition coefficient (Wildman–Crippen LogP) is 0.630. The van der Waals surface area contributed by atoms with Crippen molar-refractivity contribution in [3.63, 3.8) is 0 Å². The van der Waals surface area contributed by atoms with Crippen LogP contribution in [0.1, 0.15) is 42.6 Å². The number of hydrogen-bond donors (Lipinski definition) is 2. The van der Waals surface area contributed by atoms with E-state index in [1.54, 1.807) is 28.9 Å². The third-order valence-electron chi connectivity index (χ3n) is 6.77. The molecule has 3 aliphatic rings. The van der Waals surface area contributed by atoms with Gasteiger partial charge in [0.2, 0.25) is 11.8 Å². The molecule has 168 valence electrons. The zero-order valence-electron chi connectivity index (χ0n) is 18.0. The minimum absolute atomic E-state index is 0.0229. The van der Waals surface area contributed by atoms with E-state index < -0.39 is 5.41 Å². The van der Waals surface area contributed by atoms with Crippen LogP contribution in [0.5, 0.6) is 0 Å². The van der Waals surface area contributed by atoms with Crippen LogP contribution in [-0.4, -0.2) is 71.3 Å². The maximum absolute atomic E-state index is 13.1. The monoisotopic (exact) mass is 429 g/mol. The highest BCUT2D eigenvalue weighted by molar-refractivity contribution is 5.93. The van der Waals surface area contributed by atoms with Crippen molar-refractivity contribution in [2.24, 2.45) is 18.4 Å². The molecule has 2 N–H and O–H groups in total. The smallest absolute Gasteiger partial charge is 0.274 e. The number of carbonyl (C=O) groups is 3. The number of likely N-dealkylation sites (tertiary alicyclic amines) is 1. The number of nitrogens with zero attached hydrogens (tertiary/aromatic N) is 3. The lowest BCUT2D eigenvalue weighted by molar-refractivity contribution is -0.135. The van der Waals surface area contributed by atoms with Crippen LogP contribution in [0.2, 0.25) is 0 Å². The molecule has 0 unspecified atom stereocenters. The molecule has 9 heteroatoms. The molecule has 31 heavy (non-hydrogen) atoms. The summed E-state index contributed by atoms with van der Waals surface area (Å²) in [4.78, 5) is 40.0. The Balaban J connectivity index is 1.45. The van der Waals surface area contributed by atoms with Crippen LogP contribution in [0.3, 0.4) is 0 Å². The van der Waals surface area contributed by atoms with E-state index >= 15 is 0 Å². The first-order chi connectivity index (χ1) is 15.0. The van der Waals surface area contributed by atoms with Crippen LogP contribution in [0.15, 0.2) is 24.4 Å². The topological polar surface area (TPSA) is 106 Å². The second-order valence-corrected chi connectivity index (χ2v) is 8.84. The molecule has 1 aromatic heterocycles. The largest absolute Gasteiger partial charge is 0.381 e. The molecular weight excluding hydrogens is 398 g/mol. The van der Waals surface area contributed by atoms with Crippen molar-refractivity contribution in [1.82, 2.24) is 25.3 Å². The summed E-state index contributed by atoms with van der Waals surface area (Å²) in [5, 5.41) is 10.1. The summed E-state index contributed by atoms with van der Waals surface area (Å²) in [5.41, 5.74) is -0.193. The highest BCUT2D eigenvalue weighted by Gasteiger charge is 2.42. The van der Waals surface area contributed by atoms with Crippen LogP contribution >= 0.6 is 0 Å². The lowest BCUT2D eigenvalue weighted by atomic mass is 9.74. The Morgan fingerprint density at radius 1 is 1.26 bits per heavy atom. The average Bonchev–Trinajstić information content (AvgIpc) is 3.21. The van der Waals surface area contributed by atoms with Gasteiger partial charge in [0.15, 0.2) is 0 Å². The van der Waals surface area contributed by atoms with E-state index in [-0.39, 0.29) is 36.2 Å². The minimum Gasteiger partial charge on any atom is -0.381 e. The summed E-state index contributed by atoms with van der Waals surface area (Å²) >= 11 is 0. The molecule has 2 atom stereocenters. The molecule has 0 saturated carbocycles. The standard InChI is InChI=1S/C22H31N5O4/c1-26-10-5-18(25-26)20(29)27-11-8-22(9-12-27)7-3-2-4-16-15-31-13-6-17(16)24-19(28)14-23-21(22)30/h2-3,5,10,16-17H,4,6-9,11-15H2,1H3,(H,23,30)(H,24,28)/b3-2+/t16-,17+/m0/s1. The highest BCUT2D eigenvalue weighted by Crippen LogP contribution is 2.36. The number of hydrogen-bond acceptors (Lipinski definition) is 5. The van der Waals surface area contributed by atoms with Crippen molar-refractivity contribution in [1.29, 1.82) is 0 Å². The SMILES string of the molecule is Cn1ccc(C(=O)N2CCC3(C/C=C/C[C@H]4COCC[C@H]4NC(=O)CNC3=O)CC2)n1. The summed E-state index contributed by atoms with van der Waals surface area (Å²) < 4.78 is 7.21. The first kappa shape index (κ1) is 21.5. The van der Waals surface area contributed by atoms with E-state index in [0.717, 1.165) is 12.8 Å². The van der Waals surface area contributed by atoms with Crippen LogP contribution in [0.25, 0.3) is 0 Å². The lowest BCUT2D eigenvalue weighted by Crippen LogP contribution is -2.53. The molecule has 9 nitrogen and oxygen atoms in total. The van der Waals surface area contributed by atoms with E-state index in [1.807, 2.05) is 0 Å². The Hall–Kier alpha value is -2.68. The van der Waals surface area contributed by atoms with Crippen LogP contribution in [0.4, 0.5) is 0 Å². The molecule has 0 aromatic carbocycles. The number of ether oxygens (including phenoxy) is 1. The van der Waals surface area contributed by atoms with E-state index in [1.165, 1.54) is 0 Å². The van der Waals surface area contributed by atoms with E-state index in [4.69, 9.17) is 4.74 Å². The van der Waals surface area contributed by atoms with Gasteiger partial charge in [-0.25, -0.2) is 0 Å². The molecular formula is C22H31N5O4. The van der Waals surface area contributed by atoms with E-state index in [0.29, 0.717) is 51.3 Å². The van der Waals surface area contributed by atoms with Crippen molar-refractivity contribution in [2.75, 3.05) is 32.8 Å². The van der Waals surface area contributed by atoms with Crippen molar-refractivity contribution in [3.8, 4) is 0 Å². The second kappa shape index (κ2) is 9.21. The molecule has 2 saturated heterocycles. The van der Waals surface area contributed by atoms with Crippen molar-refractivity contribution in [3.05, 3.63) is 30.1 Å². The Morgan fingerprint density at radius 3 is 2.81 bits per heavy atom. The number of amides is 3. The Kier molecular flexibility index (Phi) is 6.41. The number of piperidine rings is 1. The van der Waals surface area contributed by atoms with Crippen molar-refractivity contribution in [2.45, 2.75) is 38.1 Å². The number of aromatic nitrogens is 2. The number of allylic oxidation sites excluding steroid dienone is 2. The maximum Gasteiger partial charge on any atom is 0.274 e. The summed E-state index contributed by atoms with van der Waals surface area (Å²) in [7, 11) is 1.78. The number of aryl methyl sites for hydroxylation is 1. The zero-order valence-corrected chi connectivity index (χ0v) is 18.0. The second-order valence-electron chi connectivity index (χ2n) is 8.84. The summed E-state index contributed by atoms with van der Waals surface area (Å²) in [6.45, 7) is 2.24. The normalized spacial score (nSPS) is 28.0. The third kappa shape index (κ3) is 4.81. The fourth-order valence-electron chi connectivity index (χ4n) is 4.76. The van der Waals surface area contributed by atoms with Gasteiger partial charge < -0.3 is 20.3 Å². The van der Waals surface area contributed by atoms with E-state index in [9.17, 15) is 14.4 Å². The summed E-state index contributed by atoms with van der Waals surface area (Å²) in [6.07, 6.45) is 9.26. The summed E-state index contributed by atoms with van der Waals surface area (Å²) in [6, 6.07) is 1.79. The summed E-state index contributed by atoms with van der Waals surface area (Å²) in [5.74, 6) is -0.130. The molecule has 0 aliphatic carbocycles. The van der Waals surface area contributed by atoms with Gasteiger partial charge in [0.25, 0.3) is 5.91 Å². The molecule has 1 aromatic rings. The van der Waals surface area contributed by atoms with Gasteiger partial charge in [-0.2, -0.15) is 5.10 Å². The van der Waals surface area contributed by atoms with Gasteiger partial charge >= 0.3 is 0 Å². The molecule has 0 radical (unpaired) electrons. The van der Waals surface area contributed by atoms with Crippen LogP contribution in [0, 0.1) is 11.3 Å². The molecule has 4 rings (SSSR count). The van der Waals surface area contributed by atoms with Gasteiger partial charge in [-0.05, 0) is 38.2 Å². The van der Waals surface area contributed by atoms with Gasteiger partial charge in [0.1, 0.15) is 5.69 Å². The number of rotatable bonds is 1. The highest BCUT2D eigenvalue weighted by atomic mass is 16.5. The maximum atomic E-state index is 13.1. The molecule has 2 fully saturated rings. The third-order valence-corrected chi connectivity index (χ3v) is 6.77. The van der Waals surface area contributed by atoms with Gasteiger partial charge in [-0.15, -0.1) is 0 Å². The van der Waals surface area contributed by atoms with Gasteiger partial charge in [-0.1, -0.05) is 12.2 Å². The molecule has 3 aliphatic heterocycles. The predicted molar refractivity (Wildman–Crippen MR) is 113 cm³/mol. The molecule has 0 bridgehead atoms. The number of fused-ring (bicyclic) bond motifs is 1. The minimum atomic E-state index is -0.612. The Morgan fingerprint density at radius 2 is 2.06 bits per heavy atom. The van der Waals surface area contributed by atoms with Crippen LogP contribution < -0.4 is 10.6 Å². The molecule has 1 spiro atoms. The van der Waals surface area contributed by atoms with E-state index in [2.05, 4.69) is 27.9 Å². The first-order valence-electron chi connectivity index (χ1n) is 11.1. The first-order valence-corrected chi connectivity index (χ1v) is 11.1. The quantitative estimate of drug-likeness (QED) is 0.637. The van der Waals surface area contributed by atoms with Gasteiger partial charge in [0.05, 0.1) is 18.6 Å². The van der Waals surface area contributed by atoms with Crippen molar-refractivity contribution >= 4 is 17.7 Å². The van der Waals surface area contributed by atoms with Crippen molar-refractivity contribution < 1.29 is 19.1 Å². The number of nitrogens with one attached hydrogen (secondary N) is 2. The fourth-order valence-corrected chi connectivity index (χ4v) is 4.76. The Labute approximate surface area is 182 Å². The molecule has 4 heterocycles. The fraction of sp³-hybridized carbons (Fsp3) is 0.636. The van der Waals surface area contributed by atoms with Crippen LogP contribution in [-0.2, 0) is 21.4 Å². The number of carbonyl (C=O) groups excluding carboxylic acids is 3. The van der Waals surface area contributed by atoms with Gasteiger partial charge in [-0.3, -0.25) is 19.1 Å². The Bertz CT molecular complexity index is 856. The van der Waals surface area contributed by atoms with Gasteiger partial charge in [0, 0.05) is 44.9 Å². The zero-order chi connectivity index (χ0) is 21.8. The molecule has 3 amide bonds. The lowest BCUT2D eigenvalue weighted by Gasteiger charge is -2.40.